The lowest BCUT2D eigenvalue weighted by molar-refractivity contribution is 0.514. The van der Waals surface area contributed by atoms with Crippen molar-refractivity contribution in [3.8, 4) is 0 Å². The molecule has 3 nitrogen and oxygen atoms in total. The smallest absolute Gasteiger partial charge is 0.123 e. The number of hydrogen-bond acceptors (Lipinski definition) is 2. The molecule has 0 unspecified atom stereocenters. The number of hydrogen-bond donors (Lipinski definition) is 1. The lowest BCUT2D eigenvalue weighted by Crippen LogP contribution is -2.28. The second-order valence-electron chi connectivity index (χ2n) is 3.49. The maximum atomic E-state index is 4.58. The van der Waals surface area contributed by atoms with E-state index in [1.807, 2.05) is 0 Å². The summed E-state index contributed by atoms with van der Waals surface area (Å²) >= 11 is 3.46. The third kappa shape index (κ3) is 1.18. The zero-order valence-electron chi connectivity index (χ0n) is 7.63. The number of benzene rings is 1. The van der Waals surface area contributed by atoms with Crippen LogP contribution in [0.15, 0.2) is 22.7 Å². The number of rotatable bonds is 0. The Kier molecular flexibility index (Phi) is 1.85. The highest BCUT2D eigenvalue weighted by Crippen LogP contribution is 2.21. The molecule has 0 amide bonds. The van der Waals surface area contributed by atoms with Crippen molar-refractivity contribution in [1.29, 1.82) is 0 Å². The van der Waals surface area contributed by atoms with Crippen molar-refractivity contribution >= 4 is 27.0 Å². The highest BCUT2D eigenvalue weighted by Gasteiger charge is 2.13. The van der Waals surface area contributed by atoms with E-state index < -0.39 is 0 Å². The third-order valence-electron chi connectivity index (χ3n) is 2.58. The summed E-state index contributed by atoms with van der Waals surface area (Å²) in [6.07, 6.45) is 0. The van der Waals surface area contributed by atoms with E-state index in [2.05, 4.69) is 49.0 Å². The average Bonchev–Trinajstić information content (AvgIpc) is 2.54. The molecule has 1 aromatic carbocycles. The lowest BCUT2D eigenvalue weighted by atomic mass is 10.3. The fourth-order valence-corrected chi connectivity index (χ4v) is 2.28. The van der Waals surface area contributed by atoms with Gasteiger partial charge in [-0.15, -0.1) is 0 Å². The number of nitrogens with one attached hydrogen (secondary N) is 1. The van der Waals surface area contributed by atoms with Gasteiger partial charge in [-0.1, -0.05) is 15.9 Å². The molecule has 1 aliphatic heterocycles. The molecule has 14 heavy (non-hydrogen) atoms. The molecule has 0 saturated carbocycles. The van der Waals surface area contributed by atoms with E-state index in [-0.39, 0.29) is 0 Å². The molecule has 1 aliphatic rings. The van der Waals surface area contributed by atoms with Gasteiger partial charge >= 0.3 is 0 Å². The molecule has 4 heteroatoms. The fourth-order valence-electron chi connectivity index (χ4n) is 1.93. The first-order valence-corrected chi connectivity index (χ1v) is 5.49. The van der Waals surface area contributed by atoms with Gasteiger partial charge in [-0.05, 0) is 18.2 Å². The van der Waals surface area contributed by atoms with Gasteiger partial charge in [-0.25, -0.2) is 4.98 Å². The Bertz CT molecular complexity index is 489. The lowest BCUT2D eigenvalue weighted by Gasteiger charge is -2.15. The summed E-state index contributed by atoms with van der Waals surface area (Å²) < 4.78 is 3.38. The number of imidazole rings is 1. The number of halogens is 1. The first-order chi connectivity index (χ1) is 6.84. The van der Waals surface area contributed by atoms with Crippen molar-refractivity contribution in [2.75, 3.05) is 6.54 Å². The molecule has 2 aromatic rings. The van der Waals surface area contributed by atoms with Crippen LogP contribution in [0.4, 0.5) is 0 Å². The SMILES string of the molecule is Brc1ccc2c(c1)nc1n2CCNC1. The first-order valence-electron chi connectivity index (χ1n) is 4.70. The molecule has 0 radical (unpaired) electrons. The summed E-state index contributed by atoms with van der Waals surface area (Å²) in [7, 11) is 0. The van der Waals surface area contributed by atoms with Crippen LogP contribution in [0, 0.1) is 0 Å². The van der Waals surface area contributed by atoms with E-state index in [9.17, 15) is 0 Å². The highest BCUT2D eigenvalue weighted by atomic mass is 79.9. The second kappa shape index (κ2) is 3.07. The molecule has 0 spiro atoms. The molecule has 1 aromatic heterocycles. The van der Waals surface area contributed by atoms with E-state index in [1.165, 1.54) is 5.52 Å². The minimum absolute atomic E-state index is 0.881. The largest absolute Gasteiger partial charge is 0.326 e. The summed E-state index contributed by atoms with van der Waals surface area (Å²) in [5, 5.41) is 3.32. The minimum Gasteiger partial charge on any atom is -0.326 e. The predicted molar refractivity (Wildman–Crippen MR) is 59.1 cm³/mol. The standard InChI is InChI=1S/C10H10BrN3/c11-7-1-2-9-8(5-7)13-10-6-12-3-4-14(9)10/h1-2,5,12H,3-4,6H2. The van der Waals surface area contributed by atoms with Crippen molar-refractivity contribution < 1.29 is 0 Å². The maximum Gasteiger partial charge on any atom is 0.123 e. The van der Waals surface area contributed by atoms with Gasteiger partial charge in [0.2, 0.25) is 0 Å². The minimum atomic E-state index is 0.881. The van der Waals surface area contributed by atoms with Crippen LogP contribution in [-0.4, -0.2) is 16.1 Å². The van der Waals surface area contributed by atoms with Crippen molar-refractivity contribution in [1.82, 2.24) is 14.9 Å². The fraction of sp³-hybridized carbons (Fsp3) is 0.300. The Balaban J connectivity index is 2.31. The number of fused-ring (bicyclic) bond motifs is 3. The topological polar surface area (TPSA) is 29.9 Å². The average molecular weight is 252 g/mol. The van der Waals surface area contributed by atoms with Gasteiger partial charge in [0, 0.05) is 17.6 Å². The summed E-state index contributed by atoms with van der Waals surface area (Å²) in [4.78, 5) is 4.58. The zero-order chi connectivity index (χ0) is 9.54. The van der Waals surface area contributed by atoms with Crippen molar-refractivity contribution in [2.24, 2.45) is 0 Å². The van der Waals surface area contributed by atoms with Crippen molar-refractivity contribution in [2.45, 2.75) is 13.1 Å². The van der Waals surface area contributed by atoms with Crippen molar-refractivity contribution in [3.63, 3.8) is 0 Å². The van der Waals surface area contributed by atoms with Crippen LogP contribution in [-0.2, 0) is 13.1 Å². The molecule has 0 bridgehead atoms. The van der Waals surface area contributed by atoms with Gasteiger partial charge in [-0.2, -0.15) is 0 Å². The van der Waals surface area contributed by atoms with Crippen LogP contribution in [0.3, 0.4) is 0 Å². The molecule has 0 fully saturated rings. The second-order valence-corrected chi connectivity index (χ2v) is 4.41. The maximum absolute atomic E-state index is 4.58. The molecule has 3 rings (SSSR count). The van der Waals surface area contributed by atoms with E-state index in [0.717, 1.165) is 35.4 Å². The van der Waals surface area contributed by atoms with Gasteiger partial charge in [0.25, 0.3) is 0 Å². The molecule has 0 aliphatic carbocycles. The van der Waals surface area contributed by atoms with Crippen LogP contribution in [0.5, 0.6) is 0 Å². The molecular formula is C10H10BrN3. The molecule has 72 valence electrons. The first kappa shape index (κ1) is 8.44. The summed E-state index contributed by atoms with van der Waals surface area (Å²) in [6, 6.07) is 6.27. The molecule has 0 atom stereocenters. The molecule has 1 N–H and O–H groups in total. The highest BCUT2D eigenvalue weighted by molar-refractivity contribution is 9.10. The van der Waals surface area contributed by atoms with Gasteiger partial charge in [0.1, 0.15) is 5.82 Å². The zero-order valence-corrected chi connectivity index (χ0v) is 9.21. The Morgan fingerprint density at radius 1 is 1.43 bits per heavy atom. The van der Waals surface area contributed by atoms with Crippen LogP contribution in [0.2, 0.25) is 0 Å². The van der Waals surface area contributed by atoms with E-state index in [1.54, 1.807) is 0 Å². The summed E-state index contributed by atoms with van der Waals surface area (Å²) in [5.74, 6) is 1.14. The predicted octanol–water partition coefficient (Wildman–Crippen LogP) is 1.90. The quantitative estimate of drug-likeness (QED) is 0.776. The van der Waals surface area contributed by atoms with E-state index in [0.29, 0.717) is 0 Å². The number of aromatic nitrogens is 2. The Morgan fingerprint density at radius 3 is 3.29 bits per heavy atom. The molecule has 2 heterocycles. The van der Waals surface area contributed by atoms with E-state index >= 15 is 0 Å². The van der Waals surface area contributed by atoms with Crippen molar-refractivity contribution in [3.05, 3.63) is 28.5 Å². The normalized spacial score (nSPS) is 15.8. The summed E-state index contributed by atoms with van der Waals surface area (Å²) in [6.45, 7) is 2.94. The van der Waals surface area contributed by atoms with Gasteiger partial charge in [0.15, 0.2) is 0 Å². The monoisotopic (exact) mass is 251 g/mol. The molecule has 0 saturated heterocycles. The molecular weight excluding hydrogens is 242 g/mol. The van der Waals surface area contributed by atoms with Crippen LogP contribution in [0.1, 0.15) is 5.82 Å². The van der Waals surface area contributed by atoms with Gasteiger partial charge < -0.3 is 9.88 Å². The third-order valence-corrected chi connectivity index (χ3v) is 3.08. The van der Waals surface area contributed by atoms with Gasteiger partial charge in [-0.3, -0.25) is 0 Å². The van der Waals surface area contributed by atoms with E-state index in [4.69, 9.17) is 0 Å². The van der Waals surface area contributed by atoms with Crippen LogP contribution >= 0.6 is 15.9 Å². The summed E-state index contributed by atoms with van der Waals surface area (Å²) in [5.41, 5.74) is 2.32. The Labute approximate surface area is 90.3 Å². The van der Waals surface area contributed by atoms with Crippen LogP contribution < -0.4 is 5.32 Å². The Morgan fingerprint density at radius 2 is 2.36 bits per heavy atom. The van der Waals surface area contributed by atoms with Crippen LogP contribution in [0.25, 0.3) is 11.0 Å². The Hall–Kier alpha value is -0.870. The number of nitrogens with zero attached hydrogens (tertiary/aromatic N) is 2. The van der Waals surface area contributed by atoms with Gasteiger partial charge in [0.05, 0.1) is 17.6 Å².